The molecule has 1 fully saturated rings. The Morgan fingerprint density at radius 2 is 1.83 bits per heavy atom. The second-order valence-electron chi connectivity index (χ2n) is 7.30. The molecular formula is C22H28F2N2O3. The number of halogens is 2. The maximum absolute atomic E-state index is 13.6. The van der Waals surface area contributed by atoms with Gasteiger partial charge >= 0.3 is 0 Å². The minimum absolute atomic E-state index is 0.0786. The largest absolute Gasteiger partial charge is 0.497 e. The van der Waals surface area contributed by atoms with E-state index in [0.29, 0.717) is 19.5 Å². The Hall–Kier alpha value is -2.22. The van der Waals surface area contributed by atoms with Crippen molar-refractivity contribution in [1.82, 2.24) is 9.80 Å². The first-order valence-electron chi connectivity index (χ1n) is 9.76. The van der Waals surface area contributed by atoms with E-state index in [1.54, 1.807) is 20.3 Å². The van der Waals surface area contributed by atoms with Gasteiger partial charge in [-0.3, -0.25) is 9.80 Å². The van der Waals surface area contributed by atoms with E-state index in [0.717, 1.165) is 48.3 Å². The van der Waals surface area contributed by atoms with Gasteiger partial charge in [-0.1, -0.05) is 6.07 Å². The van der Waals surface area contributed by atoms with Crippen molar-refractivity contribution < 1.29 is 23.4 Å². The molecule has 0 amide bonds. The van der Waals surface area contributed by atoms with Gasteiger partial charge in [-0.15, -0.1) is 0 Å². The maximum atomic E-state index is 13.6. The second-order valence-corrected chi connectivity index (χ2v) is 7.30. The number of aliphatic hydroxyl groups excluding tert-OH is 1. The summed E-state index contributed by atoms with van der Waals surface area (Å²) < 4.78 is 37.6. The van der Waals surface area contributed by atoms with Crippen molar-refractivity contribution >= 4 is 0 Å². The van der Waals surface area contributed by atoms with Crippen molar-refractivity contribution in [3.63, 3.8) is 0 Å². The highest BCUT2D eigenvalue weighted by molar-refractivity contribution is 5.40. The molecule has 0 aliphatic carbocycles. The highest BCUT2D eigenvalue weighted by Crippen LogP contribution is 2.27. The van der Waals surface area contributed by atoms with Gasteiger partial charge in [-0.05, 0) is 42.3 Å². The number of aliphatic hydroxyl groups is 1. The number of rotatable bonds is 8. The molecule has 0 unspecified atom stereocenters. The smallest absolute Gasteiger partial charge is 0.159 e. The van der Waals surface area contributed by atoms with Crippen LogP contribution >= 0.6 is 0 Å². The van der Waals surface area contributed by atoms with E-state index < -0.39 is 11.6 Å². The maximum Gasteiger partial charge on any atom is 0.159 e. The van der Waals surface area contributed by atoms with E-state index in [1.165, 1.54) is 6.07 Å². The van der Waals surface area contributed by atoms with Crippen molar-refractivity contribution in [2.45, 2.75) is 25.6 Å². The fraction of sp³-hybridized carbons (Fsp3) is 0.455. The Morgan fingerprint density at radius 1 is 1.00 bits per heavy atom. The summed E-state index contributed by atoms with van der Waals surface area (Å²) in [5.41, 5.74) is 1.78. The van der Waals surface area contributed by atoms with E-state index in [9.17, 15) is 13.9 Å². The molecule has 2 aromatic carbocycles. The van der Waals surface area contributed by atoms with Gasteiger partial charge in [-0.2, -0.15) is 0 Å². The van der Waals surface area contributed by atoms with Gasteiger partial charge in [0.1, 0.15) is 11.5 Å². The Bertz CT molecular complexity index is 819. The van der Waals surface area contributed by atoms with Crippen molar-refractivity contribution in [3.05, 3.63) is 59.2 Å². The molecule has 1 aliphatic heterocycles. The normalized spacial score (nSPS) is 18.0. The lowest BCUT2D eigenvalue weighted by molar-refractivity contribution is 0.0495. The number of nitrogens with zero attached hydrogens (tertiary/aromatic N) is 2. The monoisotopic (exact) mass is 406 g/mol. The summed E-state index contributed by atoms with van der Waals surface area (Å²) in [6.07, 6.45) is 0.620. The van der Waals surface area contributed by atoms with Crippen LogP contribution in [0.1, 0.15) is 17.5 Å². The van der Waals surface area contributed by atoms with Gasteiger partial charge in [0.25, 0.3) is 0 Å². The lowest BCUT2D eigenvalue weighted by Gasteiger charge is -2.41. The molecule has 2 aromatic rings. The minimum atomic E-state index is -0.835. The summed E-state index contributed by atoms with van der Waals surface area (Å²) in [5, 5.41) is 9.52. The number of ether oxygens (including phenoxy) is 2. The quantitative estimate of drug-likeness (QED) is 0.730. The fourth-order valence-corrected chi connectivity index (χ4v) is 3.85. The third-order valence-corrected chi connectivity index (χ3v) is 5.40. The molecule has 7 heteroatoms. The predicted octanol–water partition coefficient (Wildman–Crippen LogP) is 3.05. The molecule has 158 valence electrons. The van der Waals surface area contributed by atoms with E-state index >= 15 is 0 Å². The molecule has 1 N–H and O–H groups in total. The van der Waals surface area contributed by atoms with E-state index in [1.807, 2.05) is 18.2 Å². The van der Waals surface area contributed by atoms with Crippen LogP contribution in [-0.4, -0.2) is 61.4 Å². The first-order valence-corrected chi connectivity index (χ1v) is 9.76. The van der Waals surface area contributed by atoms with Crippen molar-refractivity contribution in [2.24, 2.45) is 0 Å². The summed E-state index contributed by atoms with van der Waals surface area (Å²) in [6, 6.07) is 9.90. The van der Waals surface area contributed by atoms with E-state index in [2.05, 4.69) is 9.80 Å². The summed E-state index contributed by atoms with van der Waals surface area (Å²) in [7, 11) is 3.29. The molecule has 0 radical (unpaired) electrons. The summed E-state index contributed by atoms with van der Waals surface area (Å²) in [6.45, 7) is 3.68. The van der Waals surface area contributed by atoms with Crippen LogP contribution in [0.25, 0.3) is 0 Å². The number of methoxy groups -OCH3 is 2. The molecule has 29 heavy (non-hydrogen) atoms. The molecule has 0 aromatic heterocycles. The summed E-state index contributed by atoms with van der Waals surface area (Å²) in [5.74, 6) is -0.0684. The van der Waals surface area contributed by atoms with Gasteiger partial charge in [0.15, 0.2) is 11.6 Å². The van der Waals surface area contributed by atoms with Crippen molar-refractivity contribution in [3.8, 4) is 11.5 Å². The molecule has 1 heterocycles. The average molecular weight is 406 g/mol. The summed E-state index contributed by atoms with van der Waals surface area (Å²) >= 11 is 0. The number of piperazine rings is 1. The highest BCUT2D eigenvalue weighted by atomic mass is 19.2. The SMILES string of the molecule is COc1ccc(OC)c(CN2CCN(Cc3ccc(F)c(F)c3)[C@H](CCO)C2)c1. The van der Waals surface area contributed by atoms with Crippen LogP contribution in [0.15, 0.2) is 36.4 Å². The lowest BCUT2D eigenvalue weighted by Crippen LogP contribution is -2.52. The van der Waals surface area contributed by atoms with Gasteiger partial charge in [-0.25, -0.2) is 8.78 Å². The molecule has 1 saturated heterocycles. The van der Waals surface area contributed by atoms with Crippen LogP contribution in [0.3, 0.4) is 0 Å². The minimum Gasteiger partial charge on any atom is -0.497 e. The summed E-state index contributed by atoms with van der Waals surface area (Å²) in [4.78, 5) is 4.54. The lowest BCUT2D eigenvalue weighted by atomic mass is 10.1. The van der Waals surface area contributed by atoms with Crippen LogP contribution in [0.4, 0.5) is 8.78 Å². The van der Waals surface area contributed by atoms with Crippen LogP contribution in [0, 0.1) is 11.6 Å². The van der Waals surface area contributed by atoms with E-state index in [4.69, 9.17) is 9.47 Å². The van der Waals surface area contributed by atoms with Gasteiger partial charge in [0, 0.05) is 50.9 Å². The molecule has 1 atom stereocenters. The first-order chi connectivity index (χ1) is 14.0. The number of hydrogen-bond acceptors (Lipinski definition) is 5. The molecule has 0 saturated carbocycles. The third-order valence-electron chi connectivity index (χ3n) is 5.40. The van der Waals surface area contributed by atoms with Crippen LogP contribution < -0.4 is 9.47 Å². The fourth-order valence-electron chi connectivity index (χ4n) is 3.85. The standard InChI is InChI=1S/C22H28F2N2O3/c1-28-19-4-6-22(29-2)17(12-19)14-25-8-9-26(18(15-25)7-10-27)13-16-3-5-20(23)21(24)11-16/h3-6,11-12,18,27H,7-10,13-15H2,1-2H3/t18-/m1/s1. The second kappa shape index (κ2) is 10.0. The van der Waals surface area contributed by atoms with Crippen LogP contribution in [0.2, 0.25) is 0 Å². The van der Waals surface area contributed by atoms with Crippen LogP contribution in [0.5, 0.6) is 11.5 Å². The third kappa shape index (κ3) is 5.44. The Labute approximate surface area is 170 Å². The van der Waals surface area contributed by atoms with Gasteiger partial charge < -0.3 is 14.6 Å². The zero-order valence-corrected chi connectivity index (χ0v) is 16.9. The van der Waals surface area contributed by atoms with Crippen LogP contribution in [-0.2, 0) is 13.1 Å². The zero-order valence-electron chi connectivity index (χ0n) is 16.9. The number of benzene rings is 2. The Kier molecular flexibility index (Phi) is 7.41. The highest BCUT2D eigenvalue weighted by Gasteiger charge is 2.27. The van der Waals surface area contributed by atoms with Gasteiger partial charge in [0.05, 0.1) is 14.2 Å². The Morgan fingerprint density at radius 3 is 2.52 bits per heavy atom. The topological polar surface area (TPSA) is 45.2 Å². The van der Waals surface area contributed by atoms with Crippen molar-refractivity contribution in [1.29, 1.82) is 0 Å². The Balaban J connectivity index is 1.69. The molecule has 1 aliphatic rings. The molecule has 5 nitrogen and oxygen atoms in total. The van der Waals surface area contributed by atoms with E-state index in [-0.39, 0.29) is 12.6 Å². The zero-order chi connectivity index (χ0) is 20.8. The van der Waals surface area contributed by atoms with Gasteiger partial charge in [0.2, 0.25) is 0 Å². The molecular weight excluding hydrogens is 378 g/mol. The molecule has 0 bridgehead atoms. The average Bonchev–Trinajstić information content (AvgIpc) is 2.72. The number of hydrogen-bond donors (Lipinski definition) is 1. The first kappa shape index (κ1) is 21.5. The predicted molar refractivity (Wildman–Crippen MR) is 107 cm³/mol. The van der Waals surface area contributed by atoms with Crippen molar-refractivity contribution in [2.75, 3.05) is 40.5 Å². The molecule has 0 spiro atoms. The molecule has 3 rings (SSSR count).